The lowest BCUT2D eigenvalue weighted by molar-refractivity contribution is -0.143. The van der Waals surface area contributed by atoms with Crippen molar-refractivity contribution in [3.63, 3.8) is 0 Å². The minimum absolute atomic E-state index is 0.0713. The normalized spacial score (nSPS) is 15.4. The lowest BCUT2D eigenvalue weighted by atomic mass is 9.91. The first-order chi connectivity index (χ1) is 17.2. The molecular formula is C28H37N3O5. The van der Waals surface area contributed by atoms with Crippen LogP contribution in [-0.2, 0) is 14.3 Å². The lowest BCUT2D eigenvalue weighted by Crippen LogP contribution is -2.43. The highest BCUT2D eigenvalue weighted by Crippen LogP contribution is 2.36. The van der Waals surface area contributed by atoms with Crippen LogP contribution in [0.2, 0.25) is 0 Å². The molecule has 1 aliphatic rings. The summed E-state index contributed by atoms with van der Waals surface area (Å²) in [7, 11) is 4.78. The fourth-order valence-electron chi connectivity index (χ4n) is 4.17. The Bertz CT molecular complexity index is 1080. The molecule has 8 nitrogen and oxygen atoms in total. The van der Waals surface area contributed by atoms with Gasteiger partial charge in [0.2, 0.25) is 5.91 Å². The summed E-state index contributed by atoms with van der Waals surface area (Å²) in [4.78, 5) is 28.2. The Morgan fingerprint density at radius 2 is 1.78 bits per heavy atom. The molecule has 1 aliphatic heterocycles. The van der Waals surface area contributed by atoms with Crippen LogP contribution in [0.5, 0.6) is 11.5 Å². The topological polar surface area (TPSA) is 80.7 Å². The van der Waals surface area contributed by atoms with Gasteiger partial charge in [-0.25, -0.2) is 5.01 Å². The number of carbonyl (C=O) groups excluding carboxylic acids is 2. The minimum atomic E-state index is -0.289. The third kappa shape index (κ3) is 6.85. The van der Waals surface area contributed by atoms with Crippen molar-refractivity contribution < 1.29 is 23.8 Å². The number of nitrogens with zero attached hydrogens (tertiary/aromatic N) is 3. The van der Waals surface area contributed by atoms with Crippen molar-refractivity contribution in [1.82, 2.24) is 9.91 Å². The van der Waals surface area contributed by atoms with Crippen LogP contribution in [0, 0.1) is 5.41 Å². The summed E-state index contributed by atoms with van der Waals surface area (Å²) in [5.74, 6) is 0.971. The van der Waals surface area contributed by atoms with Crippen LogP contribution in [0.15, 0.2) is 53.6 Å². The van der Waals surface area contributed by atoms with Gasteiger partial charge in [-0.1, -0.05) is 51.1 Å². The number of methoxy groups -OCH3 is 3. The second-order valence-corrected chi connectivity index (χ2v) is 10.0. The molecule has 36 heavy (non-hydrogen) atoms. The molecule has 1 atom stereocenters. The fraction of sp³-hybridized carbons (Fsp3) is 0.464. The number of carbonyl (C=O) groups is 2. The van der Waals surface area contributed by atoms with Crippen LogP contribution >= 0.6 is 0 Å². The third-order valence-electron chi connectivity index (χ3n) is 6.00. The maximum Gasteiger partial charge on any atom is 0.262 e. The quantitative estimate of drug-likeness (QED) is 0.491. The van der Waals surface area contributed by atoms with Crippen molar-refractivity contribution in [1.29, 1.82) is 0 Å². The Labute approximate surface area is 213 Å². The van der Waals surface area contributed by atoms with Crippen molar-refractivity contribution >= 4 is 17.5 Å². The van der Waals surface area contributed by atoms with Gasteiger partial charge < -0.3 is 19.1 Å². The average molecular weight is 496 g/mol. The first-order valence-electron chi connectivity index (χ1n) is 12.1. The van der Waals surface area contributed by atoms with Gasteiger partial charge in [-0.05, 0) is 23.1 Å². The van der Waals surface area contributed by atoms with Gasteiger partial charge in [0.15, 0.2) is 0 Å². The largest absolute Gasteiger partial charge is 0.497 e. The first-order valence-corrected chi connectivity index (χ1v) is 12.1. The summed E-state index contributed by atoms with van der Waals surface area (Å²) >= 11 is 0. The summed E-state index contributed by atoms with van der Waals surface area (Å²) in [5, 5.41) is 6.27. The van der Waals surface area contributed by atoms with E-state index in [2.05, 4.69) is 0 Å². The number of benzene rings is 2. The summed E-state index contributed by atoms with van der Waals surface area (Å²) in [5.41, 5.74) is 2.32. The van der Waals surface area contributed by atoms with E-state index in [1.165, 1.54) is 5.01 Å². The van der Waals surface area contributed by atoms with Crippen LogP contribution in [0.25, 0.3) is 0 Å². The molecule has 0 aliphatic carbocycles. The summed E-state index contributed by atoms with van der Waals surface area (Å²) in [6.07, 6.45) is 0.857. The minimum Gasteiger partial charge on any atom is -0.497 e. The number of hydrazone groups is 1. The van der Waals surface area contributed by atoms with Crippen LogP contribution in [-0.4, -0.2) is 68.5 Å². The molecule has 194 valence electrons. The van der Waals surface area contributed by atoms with Gasteiger partial charge >= 0.3 is 0 Å². The predicted molar refractivity (Wildman–Crippen MR) is 139 cm³/mol. The molecule has 0 saturated carbocycles. The molecule has 0 aromatic heterocycles. The highest BCUT2D eigenvalue weighted by atomic mass is 16.5. The first kappa shape index (κ1) is 27.2. The SMILES string of the molecule is COCCN(CC(=O)N1N=C(c2ccc(OC)cc2OC)CC1c1ccccc1)C(=O)CC(C)(C)C. The van der Waals surface area contributed by atoms with Gasteiger partial charge in [0.05, 0.1) is 32.6 Å². The lowest BCUT2D eigenvalue weighted by Gasteiger charge is -2.29. The van der Waals surface area contributed by atoms with Crippen LogP contribution < -0.4 is 9.47 Å². The summed E-state index contributed by atoms with van der Waals surface area (Å²) in [6, 6.07) is 15.1. The van der Waals surface area contributed by atoms with Gasteiger partial charge in [0.1, 0.15) is 18.0 Å². The van der Waals surface area contributed by atoms with Gasteiger partial charge in [-0.15, -0.1) is 0 Å². The van der Waals surface area contributed by atoms with E-state index in [4.69, 9.17) is 19.3 Å². The summed E-state index contributed by atoms with van der Waals surface area (Å²) in [6.45, 7) is 6.63. The molecular weight excluding hydrogens is 458 g/mol. The van der Waals surface area contributed by atoms with E-state index < -0.39 is 0 Å². The molecule has 8 heteroatoms. The predicted octanol–water partition coefficient (Wildman–Crippen LogP) is 4.29. The van der Waals surface area contributed by atoms with Crippen molar-refractivity contribution in [3.05, 3.63) is 59.7 Å². The van der Waals surface area contributed by atoms with Crippen molar-refractivity contribution in [2.75, 3.05) is 41.0 Å². The zero-order chi connectivity index (χ0) is 26.3. The molecule has 1 unspecified atom stereocenters. The molecule has 0 radical (unpaired) electrons. The van der Waals surface area contributed by atoms with E-state index >= 15 is 0 Å². The van der Waals surface area contributed by atoms with E-state index in [1.807, 2.05) is 63.2 Å². The highest BCUT2D eigenvalue weighted by molar-refractivity contribution is 6.05. The number of rotatable bonds is 10. The fourth-order valence-corrected chi connectivity index (χ4v) is 4.17. The van der Waals surface area contributed by atoms with Crippen LogP contribution in [0.1, 0.15) is 50.8 Å². The monoisotopic (exact) mass is 495 g/mol. The van der Waals surface area contributed by atoms with Crippen molar-refractivity contribution in [3.8, 4) is 11.5 Å². The van der Waals surface area contributed by atoms with Gasteiger partial charge in [-0.2, -0.15) is 5.10 Å². The second kappa shape index (κ2) is 12.0. The molecule has 3 rings (SSSR count). The third-order valence-corrected chi connectivity index (χ3v) is 6.00. The Morgan fingerprint density at radius 3 is 2.39 bits per heavy atom. The number of hydrogen-bond donors (Lipinski definition) is 0. The zero-order valence-corrected chi connectivity index (χ0v) is 22.1. The smallest absolute Gasteiger partial charge is 0.262 e. The zero-order valence-electron chi connectivity index (χ0n) is 22.1. The average Bonchev–Trinajstić information content (AvgIpc) is 3.31. The number of amides is 2. The maximum absolute atomic E-state index is 13.6. The Balaban J connectivity index is 1.93. The molecule has 1 heterocycles. The van der Waals surface area contributed by atoms with E-state index in [1.54, 1.807) is 32.3 Å². The maximum atomic E-state index is 13.6. The molecule has 0 fully saturated rings. The van der Waals surface area contributed by atoms with Crippen molar-refractivity contribution in [2.45, 2.75) is 39.7 Å². The number of hydrogen-bond acceptors (Lipinski definition) is 6. The molecule has 0 bridgehead atoms. The van der Waals surface area contributed by atoms with Crippen LogP contribution in [0.3, 0.4) is 0 Å². The van der Waals surface area contributed by atoms with E-state index in [9.17, 15) is 9.59 Å². The van der Waals surface area contributed by atoms with Crippen LogP contribution in [0.4, 0.5) is 0 Å². The molecule has 2 amide bonds. The molecule has 0 spiro atoms. The standard InChI is InChI=1S/C28H37N3O5/c1-28(2,3)18-26(32)30(14-15-34-4)19-27(33)31-24(20-10-8-7-9-11-20)17-23(29-31)22-13-12-21(35-5)16-25(22)36-6/h7-13,16,24H,14-15,17-19H2,1-6H3. The molecule has 2 aromatic carbocycles. The molecule has 0 saturated heterocycles. The van der Waals surface area contributed by atoms with Gasteiger partial charge in [-0.3, -0.25) is 9.59 Å². The Hall–Kier alpha value is -3.39. The van der Waals surface area contributed by atoms with E-state index in [-0.39, 0.29) is 29.8 Å². The highest BCUT2D eigenvalue weighted by Gasteiger charge is 2.35. The Morgan fingerprint density at radius 1 is 1.06 bits per heavy atom. The summed E-state index contributed by atoms with van der Waals surface area (Å²) < 4.78 is 16.1. The second-order valence-electron chi connectivity index (χ2n) is 10.0. The van der Waals surface area contributed by atoms with Gasteiger partial charge in [0.25, 0.3) is 5.91 Å². The van der Waals surface area contributed by atoms with E-state index in [0.717, 1.165) is 16.8 Å². The number of ether oxygens (including phenoxy) is 3. The Kier molecular flexibility index (Phi) is 9.09. The van der Waals surface area contributed by atoms with E-state index in [0.29, 0.717) is 37.5 Å². The van der Waals surface area contributed by atoms with Gasteiger partial charge in [0, 0.05) is 38.1 Å². The van der Waals surface area contributed by atoms with Crippen molar-refractivity contribution in [2.24, 2.45) is 10.5 Å². The molecule has 0 N–H and O–H groups in total. The molecule has 2 aromatic rings.